The maximum atomic E-state index is 14.6. The number of aromatic nitrogens is 6. The molecule has 0 N–H and O–H groups in total. The largest absolute Gasteiger partial charge is 0.364 e. The number of nitrogens with zero attached hydrogens (tertiary/aromatic N) is 9. The molecule has 1 aliphatic rings. The minimum absolute atomic E-state index is 0.0285. The van der Waals surface area contributed by atoms with Crippen LogP contribution in [0.15, 0.2) is 29.3 Å². The molecular weight excluding hydrogens is 473 g/mol. The lowest BCUT2D eigenvalue weighted by molar-refractivity contribution is 0.0992. The zero-order valence-corrected chi connectivity index (χ0v) is 21.9. The lowest BCUT2D eigenvalue weighted by Crippen LogP contribution is -2.59. The molecule has 194 valence electrons. The Labute approximate surface area is 214 Å². The zero-order chi connectivity index (χ0) is 26.4. The monoisotopic (exact) mass is 505 g/mol. The molecule has 5 heterocycles. The van der Waals surface area contributed by atoms with E-state index in [1.165, 1.54) is 4.52 Å². The molecule has 4 aromatic rings. The minimum Gasteiger partial charge on any atom is -0.364 e. The zero-order valence-electron chi connectivity index (χ0n) is 21.9. The van der Waals surface area contributed by atoms with Crippen molar-refractivity contribution in [2.45, 2.75) is 65.2 Å². The molecule has 0 unspecified atom stereocenters. The van der Waals surface area contributed by atoms with Gasteiger partial charge in [0.05, 0.1) is 34.9 Å². The summed E-state index contributed by atoms with van der Waals surface area (Å²) in [6, 6.07) is 6.00. The van der Waals surface area contributed by atoms with E-state index in [1.54, 1.807) is 41.7 Å². The highest BCUT2D eigenvalue weighted by molar-refractivity contribution is 5.88. The fraction of sp³-hybridized carbons (Fsp3) is 0.500. The summed E-state index contributed by atoms with van der Waals surface area (Å²) in [5.41, 5.74) is 3.53. The Balaban J connectivity index is 1.51. The molecule has 1 aliphatic heterocycles. The first-order valence-corrected chi connectivity index (χ1v) is 12.7. The SMILES string of the molecule is CC[C@H]1CN([C@H](C)c2ccn3nc(C)c(F)c3n2)[C@H](CC)CN1c1cc(=O)n(C)c2cn(CC#N)nc12. The Morgan fingerprint density at radius 2 is 1.97 bits per heavy atom. The first kappa shape index (κ1) is 24.9. The van der Waals surface area contributed by atoms with E-state index in [2.05, 4.69) is 51.8 Å². The molecule has 0 bridgehead atoms. The van der Waals surface area contributed by atoms with Gasteiger partial charge < -0.3 is 9.47 Å². The van der Waals surface area contributed by atoms with Gasteiger partial charge in [0.25, 0.3) is 5.56 Å². The highest BCUT2D eigenvalue weighted by atomic mass is 19.1. The standard InChI is InChI=1S/C26H32FN9O/c1-6-18-14-35(21-12-23(37)32(5)22-15-33(11-9-28)31-25(21)22)19(7-2)13-34(18)17(4)20-8-10-36-26(29-20)24(27)16(3)30-36/h8,10,12,15,17-19H,6-7,11,13-14H2,1-5H3/t17-,18-,19+/m1/s1. The van der Waals surface area contributed by atoms with Gasteiger partial charge >= 0.3 is 0 Å². The van der Waals surface area contributed by atoms with Gasteiger partial charge in [-0.1, -0.05) is 13.8 Å². The van der Waals surface area contributed by atoms with Crippen LogP contribution in [0, 0.1) is 24.1 Å². The molecule has 4 aromatic heterocycles. The summed E-state index contributed by atoms with van der Waals surface area (Å²) in [6.07, 6.45) is 5.31. The van der Waals surface area contributed by atoms with Crippen LogP contribution in [0.5, 0.6) is 0 Å². The Hall–Kier alpha value is -3.78. The van der Waals surface area contributed by atoms with Crippen LogP contribution in [0.1, 0.15) is 51.0 Å². The Morgan fingerprint density at radius 1 is 1.22 bits per heavy atom. The number of aryl methyl sites for hydroxylation is 2. The number of piperazine rings is 1. The highest BCUT2D eigenvalue weighted by Gasteiger charge is 2.37. The van der Waals surface area contributed by atoms with Gasteiger partial charge in [0.1, 0.15) is 12.1 Å². The van der Waals surface area contributed by atoms with Crippen LogP contribution in [0.2, 0.25) is 0 Å². The van der Waals surface area contributed by atoms with E-state index in [0.29, 0.717) is 11.2 Å². The predicted molar refractivity (Wildman–Crippen MR) is 139 cm³/mol. The lowest BCUT2D eigenvalue weighted by atomic mass is 9.98. The Bertz CT molecular complexity index is 1560. The molecule has 11 heteroatoms. The van der Waals surface area contributed by atoms with E-state index >= 15 is 0 Å². The molecular formula is C26H32FN9O. The van der Waals surface area contributed by atoms with Crippen molar-refractivity contribution < 1.29 is 4.39 Å². The van der Waals surface area contributed by atoms with E-state index in [9.17, 15) is 9.18 Å². The van der Waals surface area contributed by atoms with E-state index in [-0.39, 0.29) is 41.7 Å². The molecule has 1 fully saturated rings. The van der Waals surface area contributed by atoms with E-state index in [0.717, 1.165) is 42.8 Å². The molecule has 3 atom stereocenters. The number of pyridine rings is 1. The average molecular weight is 506 g/mol. The number of halogens is 1. The van der Waals surface area contributed by atoms with Crippen LogP contribution in [-0.2, 0) is 13.6 Å². The van der Waals surface area contributed by atoms with Crippen LogP contribution in [0.25, 0.3) is 16.7 Å². The Morgan fingerprint density at radius 3 is 2.68 bits per heavy atom. The van der Waals surface area contributed by atoms with Gasteiger partial charge in [-0.3, -0.25) is 14.4 Å². The first-order chi connectivity index (χ1) is 17.8. The first-order valence-electron chi connectivity index (χ1n) is 12.7. The average Bonchev–Trinajstić information content (AvgIpc) is 3.45. The number of fused-ring (bicyclic) bond motifs is 2. The normalized spacial score (nSPS) is 19.5. The van der Waals surface area contributed by atoms with Gasteiger partial charge in [-0.05, 0) is 32.8 Å². The lowest BCUT2D eigenvalue weighted by Gasteiger charge is -2.49. The van der Waals surface area contributed by atoms with Gasteiger partial charge in [-0.2, -0.15) is 15.5 Å². The summed E-state index contributed by atoms with van der Waals surface area (Å²) in [6.45, 7) is 9.67. The van der Waals surface area contributed by atoms with Crippen molar-refractivity contribution in [2.24, 2.45) is 7.05 Å². The molecule has 0 saturated carbocycles. The summed E-state index contributed by atoms with van der Waals surface area (Å²) in [7, 11) is 1.73. The van der Waals surface area contributed by atoms with Gasteiger partial charge in [-0.15, -0.1) is 0 Å². The molecule has 0 radical (unpaired) electrons. The second-order valence-electron chi connectivity index (χ2n) is 9.81. The molecule has 5 rings (SSSR count). The van der Waals surface area contributed by atoms with Crippen molar-refractivity contribution in [3.63, 3.8) is 0 Å². The smallest absolute Gasteiger partial charge is 0.252 e. The summed E-state index contributed by atoms with van der Waals surface area (Å²) < 4.78 is 19.2. The fourth-order valence-electron chi connectivity index (χ4n) is 5.50. The molecule has 0 spiro atoms. The molecule has 0 amide bonds. The van der Waals surface area contributed by atoms with Crippen LogP contribution in [0.3, 0.4) is 0 Å². The number of nitriles is 1. The number of hydrogen-bond acceptors (Lipinski definition) is 7. The van der Waals surface area contributed by atoms with E-state index in [1.807, 2.05) is 6.07 Å². The Kier molecular flexibility index (Phi) is 6.45. The molecule has 0 aromatic carbocycles. The van der Waals surface area contributed by atoms with Crippen LogP contribution < -0.4 is 10.5 Å². The summed E-state index contributed by atoms with van der Waals surface area (Å²) in [4.78, 5) is 22.3. The quantitative estimate of drug-likeness (QED) is 0.397. The maximum Gasteiger partial charge on any atom is 0.252 e. The molecule has 37 heavy (non-hydrogen) atoms. The van der Waals surface area contributed by atoms with Gasteiger partial charge in [0.15, 0.2) is 11.5 Å². The number of rotatable bonds is 6. The van der Waals surface area contributed by atoms with E-state index < -0.39 is 0 Å². The van der Waals surface area contributed by atoms with Crippen molar-refractivity contribution in [1.82, 2.24) is 33.8 Å². The summed E-state index contributed by atoms with van der Waals surface area (Å²) in [5.74, 6) is -0.386. The second-order valence-corrected chi connectivity index (χ2v) is 9.81. The third kappa shape index (κ3) is 4.15. The number of hydrogen-bond donors (Lipinski definition) is 0. The van der Waals surface area contributed by atoms with E-state index in [4.69, 9.17) is 5.26 Å². The summed E-state index contributed by atoms with van der Waals surface area (Å²) >= 11 is 0. The van der Waals surface area contributed by atoms with Crippen molar-refractivity contribution in [2.75, 3.05) is 18.0 Å². The minimum atomic E-state index is -0.386. The maximum absolute atomic E-state index is 14.6. The summed E-state index contributed by atoms with van der Waals surface area (Å²) in [5, 5.41) is 18.0. The van der Waals surface area contributed by atoms with Crippen molar-refractivity contribution >= 4 is 22.4 Å². The van der Waals surface area contributed by atoms with Crippen molar-refractivity contribution in [3.8, 4) is 6.07 Å². The third-order valence-corrected chi connectivity index (χ3v) is 7.70. The van der Waals surface area contributed by atoms with Crippen molar-refractivity contribution in [1.29, 1.82) is 5.26 Å². The van der Waals surface area contributed by atoms with Gasteiger partial charge in [0.2, 0.25) is 0 Å². The third-order valence-electron chi connectivity index (χ3n) is 7.70. The van der Waals surface area contributed by atoms with Gasteiger partial charge in [0, 0.05) is 50.5 Å². The van der Waals surface area contributed by atoms with Crippen LogP contribution in [-0.4, -0.2) is 59.0 Å². The van der Waals surface area contributed by atoms with Crippen molar-refractivity contribution in [3.05, 3.63) is 52.1 Å². The van der Waals surface area contributed by atoms with Crippen LogP contribution >= 0.6 is 0 Å². The predicted octanol–water partition coefficient (Wildman–Crippen LogP) is 3.19. The topological polar surface area (TPSA) is 100 Å². The highest BCUT2D eigenvalue weighted by Crippen LogP contribution is 2.34. The van der Waals surface area contributed by atoms with Crippen LogP contribution in [0.4, 0.5) is 10.1 Å². The molecule has 1 saturated heterocycles. The number of anilines is 1. The molecule has 10 nitrogen and oxygen atoms in total. The van der Waals surface area contributed by atoms with Gasteiger partial charge in [-0.25, -0.2) is 13.9 Å². The fourth-order valence-corrected chi connectivity index (χ4v) is 5.50. The molecule has 0 aliphatic carbocycles. The second kappa shape index (κ2) is 9.59.